The third-order valence-electron chi connectivity index (χ3n) is 2.48. The molecule has 1 aromatic carbocycles. The van der Waals surface area contributed by atoms with Crippen molar-refractivity contribution in [3.8, 4) is 0 Å². The predicted octanol–water partition coefficient (Wildman–Crippen LogP) is 3.06. The maximum absolute atomic E-state index is 11.8. The van der Waals surface area contributed by atoms with Crippen LogP contribution in [0.3, 0.4) is 0 Å². The summed E-state index contributed by atoms with van der Waals surface area (Å²) in [6.07, 6.45) is 0. The summed E-state index contributed by atoms with van der Waals surface area (Å²) < 4.78 is 0.823. The number of halogens is 1. The van der Waals surface area contributed by atoms with Gasteiger partial charge in [-0.3, -0.25) is 4.79 Å². The number of hydrogen-bond acceptors (Lipinski definition) is 4. The second-order valence-electron chi connectivity index (χ2n) is 4.02. The maximum atomic E-state index is 11.8. The Balaban J connectivity index is 1.73. The first-order chi connectivity index (χ1) is 9.15. The van der Waals surface area contributed by atoms with E-state index in [1.807, 2.05) is 36.6 Å². The highest BCUT2D eigenvalue weighted by atomic mass is 79.9. The monoisotopic (exact) mass is 339 g/mol. The van der Waals surface area contributed by atoms with E-state index in [4.69, 9.17) is 0 Å². The Hall–Kier alpha value is -1.40. The average molecular weight is 340 g/mol. The Morgan fingerprint density at radius 1 is 1.32 bits per heavy atom. The molecule has 2 N–H and O–H groups in total. The van der Waals surface area contributed by atoms with Gasteiger partial charge in [-0.25, -0.2) is 4.98 Å². The minimum Gasteiger partial charge on any atom is -0.360 e. The summed E-state index contributed by atoms with van der Waals surface area (Å²) in [4.78, 5) is 16.0. The molecule has 6 heteroatoms. The number of nitrogens with one attached hydrogen (secondary N) is 2. The fraction of sp³-hybridized carbons (Fsp3) is 0.231. The zero-order valence-electron chi connectivity index (χ0n) is 10.4. The van der Waals surface area contributed by atoms with E-state index in [0.29, 0.717) is 18.7 Å². The Morgan fingerprint density at radius 2 is 2.05 bits per heavy atom. The van der Waals surface area contributed by atoms with Crippen molar-refractivity contribution in [1.29, 1.82) is 0 Å². The van der Waals surface area contributed by atoms with Crippen molar-refractivity contribution < 1.29 is 4.79 Å². The number of nitrogens with zero attached hydrogens (tertiary/aromatic N) is 1. The molecule has 100 valence electrons. The standard InChI is InChI=1S/C13H14BrN3OS/c1-9-2-4-10(5-3-9)12(18)15-6-7-16-13-17-11(14)8-19-13/h2-5,8H,6-7H2,1H3,(H,15,18)(H,16,17). The number of amides is 1. The van der Waals surface area contributed by atoms with Gasteiger partial charge in [0.05, 0.1) is 0 Å². The Kier molecular flexibility index (Phi) is 4.93. The van der Waals surface area contributed by atoms with Crippen LogP contribution in [0.4, 0.5) is 5.13 Å². The molecule has 0 aliphatic rings. The highest BCUT2D eigenvalue weighted by Crippen LogP contribution is 2.18. The van der Waals surface area contributed by atoms with Gasteiger partial charge in [0.2, 0.25) is 0 Å². The molecule has 0 spiro atoms. The number of thiazole rings is 1. The third kappa shape index (κ3) is 4.33. The Labute approximate surface area is 124 Å². The molecular weight excluding hydrogens is 326 g/mol. The zero-order chi connectivity index (χ0) is 13.7. The van der Waals surface area contributed by atoms with Gasteiger partial charge in [-0.2, -0.15) is 0 Å². The number of aryl methyl sites for hydroxylation is 1. The van der Waals surface area contributed by atoms with E-state index in [0.717, 1.165) is 15.3 Å². The molecule has 0 saturated carbocycles. The Morgan fingerprint density at radius 3 is 2.68 bits per heavy atom. The van der Waals surface area contributed by atoms with Gasteiger partial charge in [0.1, 0.15) is 4.60 Å². The van der Waals surface area contributed by atoms with E-state index in [1.165, 1.54) is 11.3 Å². The molecule has 2 aromatic rings. The number of hydrogen-bond donors (Lipinski definition) is 2. The Bertz CT molecular complexity index is 553. The molecular formula is C13H14BrN3OS. The number of aromatic nitrogens is 1. The normalized spacial score (nSPS) is 10.2. The molecule has 4 nitrogen and oxygen atoms in total. The molecule has 0 unspecified atom stereocenters. The van der Waals surface area contributed by atoms with Crippen LogP contribution in [0.25, 0.3) is 0 Å². The summed E-state index contributed by atoms with van der Waals surface area (Å²) >= 11 is 4.81. The number of anilines is 1. The van der Waals surface area contributed by atoms with E-state index < -0.39 is 0 Å². The third-order valence-corrected chi connectivity index (χ3v) is 3.99. The SMILES string of the molecule is Cc1ccc(C(=O)NCCNc2nc(Br)cs2)cc1. The summed E-state index contributed by atoms with van der Waals surface area (Å²) in [5.74, 6) is -0.0536. The van der Waals surface area contributed by atoms with Gasteiger partial charge in [-0.05, 0) is 35.0 Å². The highest BCUT2D eigenvalue weighted by molar-refractivity contribution is 9.10. The molecule has 0 fully saturated rings. The molecule has 0 aliphatic heterocycles. The van der Waals surface area contributed by atoms with Crippen molar-refractivity contribution in [2.24, 2.45) is 0 Å². The van der Waals surface area contributed by atoms with Crippen LogP contribution in [0.2, 0.25) is 0 Å². The topological polar surface area (TPSA) is 54.0 Å². The van der Waals surface area contributed by atoms with Crippen molar-refractivity contribution in [3.63, 3.8) is 0 Å². The lowest BCUT2D eigenvalue weighted by atomic mass is 10.1. The van der Waals surface area contributed by atoms with Gasteiger partial charge in [0.25, 0.3) is 5.91 Å². The van der Waals surface area contributed by atoms with E-state index >= 15 is 0 Å². The average Bonchev–Trinajstić information content (AvgIpc) is 2.81. The van der Waals surface area contributed by atoms with Crippen molar-refractivity contribution in [2.75, 3.05) is 18.4 Å². The molecule has 0 saturated heterocycles. The van der Waals surface area contributed by atoms with Gasteiger partial charge in [-0.15, -0.1) is 11.3 Å². The largest absolute Gasteiger partial charge is 0.360 e. The van der Waals surface area contributed by atoms with Gasteiger partial charge >= 0.3 is 0 Å². The number of carbonyl (C=O) groups is 1. The lowest BCUT2D eigenvalue weighted by Gasteiger charge is -2.06. The van der Waals surface area contributed by atoms with Crippen molar-refractivity contribution in [2.45, 2.75) is 6.92 Å². The van der Waals surface area contributed by atoms with E-state index in [9.17, 15) is 4.79 Å². The molecule has 1 amide bonds. The molecule has 0 radical (unpaired) electrons. The molecule has 1 heterocycles. The first kappa shape index (κ1) is 14.0. The smallest absolute Gasteiger partial charge is 0.251 e. The fourth-order valence-electron chi connectivity index (χ4n) is 1.49. The number of carbonyl (C=O) groups excluding carboxylic acids is 1. The zero-order valence-corrected chi connectivity index (χ0v) is 12.8. The summed E-state index contributed by atoms with van der Waals surface area (Å²) in [6.45, 7) is 3.21. The minimum atomic E-state index is -0.0536. The molecule has 0 atom stereocenters. The minimum absolute atomic E-state index is 0.0536. The molecule has 0 bridgehead atoms. The van der Waals surface area contributed by atoms with Crippen LogP contribution in [-0.2, 0) is 0 Å². The second-order valence-corrected chi connectivity index (χ2v) is 5.69. The van der Waals surface area contributed by atoms with E-state index in [-0.39, 0.29) is 5.91 Å². The van der Waals surface area contributed by atoms with Crippen LogP contribution in [0.5, 0.6) is 0 Å². The highest BCUT2D eigenvalue weighted by Gasteiger charge is 2.04. The van der Waals surface area contributed by atoms with Crippen molar-refractivity contribution in [3.05, 3.63) is 45.4 Å². The number of rotatable bonds is 5. The lowest BCUT2D eigenvalue weighted by molar-refractivity contribution is 0.0955. The van der Waals surface area contributed by atoms with Gasteiger partial charge < -0.3 is 10.6 Å². The van der Waals surface area contributed by atoms with Crippen LogP contribution < -0.4 is 10.6 Å². The van der Waals surface area contributed by atoms with Crippen molar-refractivity contribution in [1.82, 2.24) is 10.3 Å². The first-order valence-corrected chi connectivity index (χ1v) is 7.52. The van der Waals surface area contributed by atoms with E-state index in [1.54, 1.807) is 0 Å². The predicted molar refractivity (Wildman–Crippen MR) is 81.8 cm³/mol. The van der Waals surface area contributed by atoms with Gasteiger partial charge in [0.15, 0.2) is 5.13 Å². The molecule has 1 aromatic heterocycles. The van der Waals surface area contributed by atoms with Crippen LogP contribution in [-0.4, -0.2) is 24.0 Å². The maximum Gasteiger partial charge on any atom is 0.251 e. The van der Waals surface area contributed by atoms with Gasteiger partial charge in [0, 0.05) is 24.0 Å². The lowest BCUT2D eigenvalue weighted by Crippen LogP contribution is -2.28. The van der Waals surface area contributed by atoms with Gasteiger partial charge in [-0.1, -0.05) is 17.7 Å². The van der Waals surface area contributed by atoms with Crippen molar-refractivity contribution >= 4 is 38.3 Å². The quantitative estimate of drug-likeness (QED) is 0.823. The van der Waals surface area contributed by atoms with Crippen LogP contribution in [0.15, 0.2) is 34.2 Å². The molecule has 19 heavy (non-hydrogen) atoms. The first-order valence-electron chi connectivity index (χ1n) is 5.85. The molecule has 0 aliphatic carbocycles. The summed E-state index contributed by atoms with van der Waals surface area (Å²) in [5, 5.41) is 8.76. The second kappa shape index (κ2) is 6.68. The molecule has 2 rings (SSSR count). The number of benzene rings is 1. The van der Waals surface area contributed by atoms with Crippen LogP contribution in [0.1, 0.15) is 15.9 Å². The van der Waals surface area contributed by atoms with Crippen LogP contribution >= 0.6 is 27.3 Å². The summed E-state index contributed by atoms with van der Waals surface area (Å²) in [7, 11) is 0. The summed E-state index contributed by atoms with van der Waals surface area (Å²) in [6, 6.07) is 7.52. The van der Waals surface area contributed by atoms with E-state index in [2.05, 4.69) is 31.5 Å². The fourth-order valence-corrected chi connectivity index (χ4v) is 2.66. The van der Waals surface area contributed by atoms with Crippen LogP contribution in [0, 0.1) is 6.92 Å². The summed E-state index contributed by atoms with van der Waals surface area (Å²) in [5.41, 5.74) is 1.83.